The molecule has 1 heterocycles. The number of hydrogen-bond acceptors (Lipinski definition) is 3. The molecule has 0 bridgehead atoms. The number of nitrogens with zero attached hydrogens (tertiary/aromatic N) is 1. The van der Waals surface area contributed by atoms with Gasteiger partial charge in [0, 0.05) is 13.1 Å². The fourth-order valence-corrected chi connectivity index (χ4v) is 6.30. The molecule has 3 aromatic carbocycles. The minimum Gasteiger partial charge on any atom is -0.324 e. The highest BCUT2D eigenvalue weighted by molar-refractivity contribution is 7.89. The minimum atomic E-state index is -4.89. The molecule has 1 amide bonds. The fraction of sp³-hybridized carbons (Fsp3) is 0.269. The number of sulfonamides is 1. The number of halogens is 5. The third kappa shape index (κ3) is 5.66. The summed E-state index contributed by atoms with van der Waals surface area (Å²) in [5.74, 6) is -2.25. The SMILES string of the molecule is Cc1cc(C)cc(S(=O)(=O)N2CCc3c(ccc(Cl)c3NC(=O)Cc3cccc(C(F)(F)F)c3F)C2)c1. The average molecular weight is 555 g/mol. The Balaban J connectivity index is 1.57. The van der Waals surface area contributed by atoms with Gasteiger partial charge in [-0.1, -0.05) is 35.9 Å². The van der Waals surface area contributed by atoms with Crippen LogP contribution >= 0.6 is 11.6 Å². The first-order chi connectivity index (χ1) is 17.3. The Bertz CT molecular complexity index is 1470. The predicted octanol–water partition coefficient (Wildman–Crippen LogP) is 6.04. The van der Waals surface area contributed by atoms with Crippen molar-refractivity contribution in [3.8, 4) is 0 Å². The van der Waals surface area contributed by atoms with E-state index in [1.54, 1.807) is 18.2 Å². The second-order valence-electron chi connectivity index (χ2n) is 8.97. The van der Waals surface area contributed by atoms with Crippen molar-refractivity contribution >= 4 is 33.2 Å². The minimum absolute atomic E-state index is 0.0486. The molecule has 3 aromatic rings. The molecule has 4 rings (SSSR count). The van der Waals surface area contributed by atoms with Crippen molar-refractivity contribution in [3.63, 3.8) is 0 Å². The van der Waals surface area contributed by atoms with Gasteiger partial charge in [0.1, 0.15) is 5.82 Å². The van der Waals surface area contributed by atoms with Crippen LogP contribution in [-0.2, 0) is 40.4 Å². The fourth-order valence-electron chi connectivity index (χ4n) is 4.46. The summed E-state index contributed by atoms with van der Waals surface area (Å²) in [6, 6.07) is 11.0. The van der Waals surface area contributed by atoms with Gasteiger partial charge in [0.15, 0.2) is 0 Å². The van der Waals surface area contributed by atoms with Crippen LogP contribution in [0.15, 0.2) is 53.4 Å². The number of rotatable bonds is 5. The van der Waals surface area contributed by atoms with Crippen molar-refractivity contribution in [3.05, 3.63) is 92.8 Å². The number of hydrogen-bond donors (Lipinski definition) is 1. The first-order valence-corrected chi connectivity index (χ1v) is 13.1. The van der Waals surface area contributed by atoms with Crippen LogP contribution in [0.1, 0.15) is 33.4 Å². The summed E-state index contributed by atoms with van der Waals surface area (Å²) in [6.45, 7) is 3.82. The third-order valence-corrected chi connectivity index (χ3v) is 8.29. The van der Waals surface area contributed by atoms with Gasteiger partial charge in [-0.3, -0.25) is 4.79 Å². The summed E-state index contributed by atoms with van der Waals surface area (Å²) in [5, 5.41) is 2.77. The molecular weight excluding hydrogens is 532 g/mol. The zero-order valence-electron chi connectivity index (χ0n) is 19.9. The van der Waals surface area contributed by atoms with Crippen molar-refractivity contribution in [2.75, 3.05) is 11.9 Å². The average Bonchev–Trinajstić information content (AvgIpc) is 2.80. The largest absolute Gasteiger partial charge is 0.419 e. The molecule has 1 N–H and O–H groups in total. The molecule has 0 fully saturated rings. The Hall–Kier alpha value is -2.95. The van der Waals surface area contributed by atoms with Crippen molar-refractivity contribution in [1.82, 2.24) is 4.31 Å². The first-order valence-electron chi connectivity index (χ1n) is 11.3. The Morgan fingerprint density at radius 1 is 1.08 bits per heavy atom. The van der Waals surface area contributed by atoms with Crippen molar-refractivity contribution < 1.29 is 30.8 Å². The zero-order valence-corrected chi connectivity index (χ0v) is 21.5. The molecule has 1 aliphatic heterocycles. The Morgan fingerprint density at radius 3 is 2.41 bits per heavy atom. The molecule has 0 spiro atoms. The van der Waals surface area contributed by atoms with Gasteiger partial charge in [0.2, 0.25) is 15.9 Å². The van der Waals surface area contributed by atoms with E-state index in [1.165, 1.54) is 10.4 Å². The number of alkyl halides is 3. The van der Waals surface area contributed by atoms with Gasteiger partial charge < -0.3 is 5.32 Å². The van der Waals surface area contributed by atoms with Gasteiger partial charge in [0.05, 0.1) is 27.6 Å². The highest BCUT2D eigenvalue weighted by Gasteiger charge is 2.35. The first kappa shape index (κ1) is 27.1. The van der Waals surface area contributed by atoms with Gasteiger partial charge in [0.25, 0.3) is 0 Å². The molecule has 0 atom stereocenters. The van der Waals surface area contributed by atoms with Crippen LogP contribution in [0.2, 0.25) is 5.02 Å². The van der Waals surface area contributed by atoms with Crippen molar-refractivity contribution in [2.45, 2.75) is 44.3 Å². The lowest BCUT2D eigenvalue weighted by molar-refractivity contribution is -0.140. The van der Waals surface area contributed by atoms with E-state index in [9.17, 15) is 30.8 Å². The maximum absolute atomic E-state index is 14.4. The van der Waals surface area contributed by atoms with Crippen LogP contribution in [-0.4, -0.2) is 25.2 Å². The molecule has 196 valence electrons. The normalized spacial score (nSPS) is 14.4. The maximum Gasteiger partial charge on any atom is 0.419 e. The van der Waals surface area contributed by atoms with Crippen LogP contribution in [0.5, 0.6) is 0 Å². The van der Waals surface area contributed by atoms with Crippen LogP contribution in [0.4, 0.5) is 23.2 Å². The number of carbonyl (C=O) groups is 1. The Morgan fingerprint density at radius 2 is 1.76 bits per heavy atom. The number of carbonyl (C=O) groups excluding carboxylic acids is 1. The lowest BCUT2D eigenvalue weighted by atomic mass is 9.98. The molecular formula is C26H23ClF4N2O3S. The second kappa shape index (κ2) is 10.1. The topological polar surface area (TPSA) is 66.5 Å². The summed E-state index contributed by atoms with van der Waals surface area (Å²) >= 11 is 6.31. The summed E-state index contributed by atoms with van der Waals surface area (Å²) in [4.78, 5) is 12.9. The lowest BCUT2D eigenvalue weighted by Crippen LogP contribution is -2.36. The number of anilines is 1. The van der Waals surface area contributed by atoms with E-state index in [1.807, 2.05) is 19.9 Å². The van der Waals surface area contributed by atoms with Gasteiger partial charge in [-0.05, 0) is 72.4 Å². The third-order valence-electron chi connectivity index (χ3n) is 6.15. The van der Waals surface area contributed by atoms with Gasteiger partial charge in [-0.25, -0.2) is 12.8 Å². The standard InChI is InChI=1S/C26H23ClF4N2O3S/c1-15-10-16(2)12-19(11-15)37(35,36)33-9-8-20-18(14-33)6-7-22(27)25(20)32-23(34)13-17-4-3-5-21(24(17)28)26(29,30)31/h3-7,10-12H,8-9,13-14H2,1-2H3,(H,32,34). The summed E-state index contributed by atoms with van der Waals surface area (Å²) in [5.41, 5.74) is 1.29. The number of fused-ring (bicyclic) bond motifs is 1. The van der Waals surface area contributed by atoms with E-state index in [2.05, 4.69) is 5.32 Å². The molecule has 0 aromatic heterocycles. The summed E-state index contributed by atoms with van der Waals surface area (Å²) in [6.07, 6.45) is -5.28. The van der Waals surface area contributed by atoms with Gasteiger partial charge in [-0.2, -0.15) is 17.5 Å². The second-order valence-corrected chi connectivity index (χ2v) is 11.3. The van der Waals surface area contributed by atoms with Gasteiger partial charge >= 0.3 is 6.18 Å². The van der Waals surface area contributed by atoms with E-state index >= 15 is 0 Å². The molecule has 1 aliphatic rings. The molecule has 37 heavy (non-hydrogen) atoms. The monoisotopic (exact) mass is 554 g/mol. The van der Waals surface area contributed by atoms with E-state index in [0.717, 1.165) is 23.3 Å². The van der Waals surface area contributed by atoms with Crippen LogP contribution < -0.4 is 5.32 Å². The van der Waals surface area contributed by atoms with Crippen LogP contribution in [0.3, 0.4) is 0 Å². The summed E-state index contributed by atoms with van der Waals surface area (Å²) in [7, 11) is -3.78. The molecule has 0 saturated heterocycles. The zero-order chi connectivity index (χ0) is 27.1. The van der Waals surface area contributed by atoms with E-state index < -0.39 is 45.5 Å². The molecule has 11 heteroatoms. The summed E-state index contributed by atoms with van der Waals surface area (Å²) < 4.78 is 81.3. The molecule has 0 saturated carbocycles. The van der Waals surface area contributed by atoms with Crippen molar-refractivity contribution in [1.29, 1.82) is 0 Å². The maximum atomic E-state index is 14.4. The molecule has 5 nitrogen and oxygen atoms in total. The lowest BCUT2D eigenvalue weighted by Gasteiger charge is -2.30. The molecule has 0 radical (unpaired) electrons. The number of benzene rings is 3. The molecule has 0 aliphatic carbocycles. The highest BCUT2D eigenvalue weighted by Crippen LogP contribution is 2.36. The molecule has 0 unspecified atom stereocenters. The van der Waals surface area contributed by atoms with Crippen molar-refractivity contribution in [2.24, 2.45) is 0 Å². The van der Waals surface area contributed by atoms with E-state index in [-0.39, 0.29) is 35.1 Å². The van der Waals surface area contributed by atoms with Crippen LogP contribution in [0.25, 0.3) is 0 Å². The predicted molar refractivity (Wildman–Crippen MR) is 132 cm³/mol. The van der Waals surface area contributed by atoms with Gasteiger partial charge in [-0.15, -0.1) is 0 Å². The van der Waals surface area contributed by atoms with Crippen LogP contribution in [0, 0.1) is 19.7 Å². The smallest absolute Gasteiger partial charge is 0.324 e. The van der Waals surface area contributed by atoms with E-state index in [4.69, 9.17) is 11.6 Å². The Labute approximate surface area is 217 Å². The Kier molecular flexibility index (Phi) is 7.38. The van der Waals surface area contributed by atoms with E-state index in [0.29, 0.717) is 17.2 Å². The number of aryl methyl sites for hydroxylation is 2. The number of amides is 1. The quantitative estimate of drug-likeness (QED) is 0.391. The number of nitrogens with one attached hydrogen (secondary N) is 1. The highest BCUT2D eigenvalue weighted by atomic mass is 35.5.